The van der Waals surface area contributed by atoms with Gasteiger partial charge in [0.15, 0.2) is 5.17 Å². The van der Waals surface area contributed by atoms with Gasteiger partial charge in [0.25, 0.3) is 0 Å². The molecule has 5 rings (SSSR count). The summed E-state index contributed by atoms with van der Waals surface area (Å²) < 4.78 is 6.35. The molecule has 1 aromatic carbocycles. The van der Waals surface area contributed by atoms with Gasteiger partial charge in [0.05, 0.1) is 5.69 Å². The van der Waals surface area contributed by atoms with Crippen LogP contribution < -0.4 is 0 Å². The van der Waals surface area contributed by atoms with Crippen LogP contribution in [0.2, 0.25) is 0 Å². The Morgan fingerprint density at radius 1 is 1.07 bits per heavy atom. The third kappa shape index (κ3) is 2.86. The molecule has 0 N–H and O–H groups in total. The van der Waals surface area contributed by atoms with Gasteiger partial charge in [-0.1, -0.05) is 55.1 Å². The SMILES string of the molecule is CC[C@H]1CSC2=N[C@H](c3ccccn3)[C@@H](c3ccc(-c4ccccc4)o3)N21. The molecule has 0 saturated carbocycles. The number of furan rings is 1. The number of aliphatic imine (C=N–C) groups is 1. The molecule has 1 fully saturated rings. The molecule has 0 unspecified atom stereocenters. The second kappa shape index (κ2) is 6.89. The summed E-state index contributed by atoms with van der Waals surface area (Å²) in [5.74, 6) is 2.95. The molecule has 2 aromatic heterocycles. The molecule has 4 nitrogen and oxygen atoms in total. The maximum Gasteiger partial charge on any atom is 0.161 e. The Bertz CT molecular complexity index is 954. The number of thioether (sulfide) groups is 1. The van der Waals surface area contributed by atoms with Crippen molar-refractivity contribution in [1.82, 2.24) is 9.88 Å². The van der Waals surface area contributed by atoms with Gasteiger partial charge in [0, 0.05) is 23.6 Å². The van der Waals surface area contributed by atoms with Gasteiger partial charge in [-0.2, -0.15) is 0 Å². The van der Waals surface area contributed by atoms with Crippen LogP contribution in [0.4, 0.5) is 0 Å². The topological polar surface area (TPSA) is 41.6 Å². The van der Waals surface area contributed by atoms with Gasteiger partial charge < -0.3 is 9.32 Å². The van der Waals surface area contributed by atoms with E-state index in [9.17, 15) is 0 Å². The van der Waals surface area contributed by atoms with E-state index in [4.69, 9.17) is 9.41 Å². The van der Waals surface area contributed by atoms with Gasteiger partial charge in [0.1, 0.15) is 23.6 Å². The van der Waals surface area contributed by atoms with Crippen LogP contribution in [-0.4, -0.2) is 26.8 Å². The average Bonchev–Trinajstić information content (AvgIpc) is 3.44. The summed E-state index contributed by atoms with van der Waals surface area (Å²) in [6.45, 7) is 2.25. The highest BCUT2D eigenvalue weighted by molar-refractivity contribution is 8.14. The van der Waals surface area contributed by atoms with E-state index in [1.807, 2.05) is 48.3 Å². The number of pyridine rings is 1. The van der Waals surface area contributed by atoms with Crippen LogP contribution in [0, 0.1) is 0 Å². The maximum absolute atomic E-state index is 6.35. The van der Waals surface area contributed by atoms with Crippen LogP contribution in [0.5, 0.6) is 0 Å². The van der Waals surface area contributed by atoms with Gasteiger partial charge in [-0.05, 0) is 30.7 Å². The Hall–Kier alpha value is -2.53. The molecule has 1 saturated heterocycles. The first-order chi connectivity index (χ1) is 13.3. The van der Waals surface area contributed by atoms with Crippen molar-refractivity contribution < 1.29 is 4.42 Å². The number of fused-ring (bicyclic) bond motifs is 1. The van der Waals surface area contributed by atoms with Crippen molar-refractivity contribution >= 4 is 16.9 Å². The molecule has 0 aliphatic carbocycles. The first-order valence-electron chi connectivity index (χ1n) is 9.40. The van der Waals surface area contributed by atoms with Crippen molar-refractivity contribution in [2.45, 2.75) is 31.5 Å². The van der Waals surface area contributed by atoms with Crippen LogP contribution in [0.1, 0.15) is 36.9 Å². The zero-order valence-corrected chi connectivity index (χ0v) is 16.0. The zero-order valence-electron chi connectivity index (χ0n) is 15.2. The normalized spacial score (nSPS) is 24.1. The summed E-state index contributed by atoms with van der Waals surface area (Å²) in [5, 5.41) is 1.13. The second-order valence-corrected chi connectivity index (χ2v) is 7.89. The molecule has 0 spiro atoms. The molecular formula is C22H21N3OS. The lowest BCUT2D eigenvalue weighted by atomic mass is 10.0. The maximum atomic E-state index is 6.35. The number of amidine groups is 1. The molecule has 27 heavy (non-hydrogen) atoms. The predicted octanol–water partition coefficient (Wildman–Crippen LogP) is 5.32. The van der Waals surface area contributed by atoms with Crippen LogP contribution in [0.25, 0.3) is 11.3 Å². The lowest BCUT2D eigenvalue weighted by Gasteiger charge is -2.30. The van der Waals surface area contributed by atoms with E-state index in [1.165, 1.54) is 0 Å². The minimum absolute atomic E-state index is 0.0298. The highest BCUT2D eigenvalue weighted by Gasteiger charge is 2.46. The van der Waals surface area contributed by atoms with Gasteiger partial charge >= 0.3 is 0 Å². The summed E-state index contributed by atoms with van der Waals surface area (Å²) in [6.07, 6.45) is 2.95. The molecule has 3 atom stereocenters. The van der Waals surface area contributed by atoms with E-state index < -0.39 is 0 Å². The molecule has 136 valence electrons. The molecular weight excluding hydrogens is 354 g/mol. The van der Waals surface area contributed by atoms with Crippen molar-refractivity contribution in [2.75, 3.05) is 5.75 Å². The third-order valence-electron chi connectivity index (χ3n) is 5.31. The van der Waals surface area contributed by atoms with E-state index in [1.54, 1.807) is 0 Å². The molecule has 2 aliphatic heterocycles. The van der Waals surface area contributed by atoms with E-state index in [0.29, 0.717) is 6.04 Å². The highest BCUT2D eigenvalue weighted by Crippen LogP contribution is 2.49. The standard InChI is InChI=1S/C22H21N3OS/c1-2-16-14-27-22-24-20(17-10-6-7-13-23-17)21(25(16)22)19-12-11-18(26-19)15-8-4-3-5-9-15/h3-13,16,20-21H,2,14H2,1H3/t16-,20+,21+/m0/s1. The smallest absolute Gasteiger partial charge is 0.161 e. The number of hydrogen-bond donors (Lipinski definition) is 0. The van der Waals surface area contributed by atoms with E-state index in [2.05, 4.69) is 47.1 Å². The zero-order chi connectivity index (χ0) is 18.2. The largest absolute Gasteiger partial charge is 0.459 e. The quantitative estimate of drug-likeness (QED) is 0.619. The molecule has 0 bridgehead atoms. The lowest BCUT2D eigenvalue weighted by Crippen LogP contribution is -2.35. The van der Waals surface area contributed by atoms with Gasteiger partial charge in [-0.3, -0.25) is 4.98 Å². The predicted molar refractivity (Wildman–Crippen MR) is 110 cm³/mol. The van der Waals surface area contributed by atoms with Gasteiger partial charge in [0.2, 0.25) is 0 Å². The number of hydrogen-bond acceptors (Lipinski definition) is 5. The molecule has 0 radical (unpaired) electrons. The fourth-order valence-corrected chi connectivity index (χ4v) is 5.27. The monoisotopic (exact) mass is 375 g/mol. The summed E-state index contributed by atoms with van der Waals surface area (Å²) in [7, 11) is 0. The Labute approximate surface area is 163 Å². The first-order valence-corrected chi connectivity index (χ1v) is 10.4. The van der Waals surface area contributed by atoms with E-state index in [0.717, 1.165) is 40.1 Å². The number of aromatic nitrogens is 1. The summed E-state index contributed by atoms with van der Waals surface area (Å²) >= 11 is 1.85. The van der Waals surface area contributed by atoms with Crippen LogP contribution in [0.3, 0.4) is 0 Å². The second-order valence-electron chi connectivity index (χ2n) is 6.90. The minimum atomic E-state index is -0.0298. The van der Waals surface area contributed by atoms with E-state index in [-0.39, 0.29) is 12.1 Å². The highest BCUT2D eigenvalue weighted by atomic mass is 32.2. The van der Waals surface area contributed by atoms with E-state index >= 15 is 0 Å². The Balaban J connectivity index is 1.56. The molecule has 2 aliphatic rings. The van der Waals surface area contributed by atoms with Crippen LogP contribution in [0.15, 0.2) is 76.3 Å². The first kappa shape index (κ1) is 16.6. The average molecular weight is 375 g/mol. The molecule has 3 aromatic rings. The molecule has 4 heterocycles. The number of nitrogens with zero attached hydrogens (tertiary/aromatic N) is 3. The third-order valence-corrected chi connectivity index (χ3v) is 6.43. The van der Waals surface area contributed by atoms with Gasteiger partial charge in [-0.15, -0.1) is 0 Å². The number of benzene rings is 1. The molecule has 5 heteroatoms. The Kier molecular flexibility index (Phi) is 4.24. The summed E-state index contributed by atoms with van der Waals surface area (Å²) in [4.78, 5) is 12.1. The van der Waals surface area contributed by atoms with Crippen molar-refractivity contribution in [1.29, 1.82) is 0 Å². The van der Waals surface area contributed by atoms with Crippen LogP contribution in [-0.2, 0) is 0 Å². The summed E-state index contributed by atoms with van der Waals surface area (Å²) in [6, 6.07) is 21.0. The fourth-order valence-electron chi connectivity index (χ4n) is 3.93. The fraction of sp³-hybridized carbons (Fsp3) is 0.273. The van der Waals surface area contributed by atoms with Crippen molar-refractivity contribution in [2.24, 2.45) is 4.99 Å². The lowest BCUT2D eigenvalue weighted by molar-refractivity contribution is 0.226. The minimum Gasteiger partial charge on any atom is -0.459 e. The van der Waals surface area contributed by atoms with Crippen molar-refractivity contribution in [3.05, 3.63) is 78.3 Å². The number of rotatable bonds is 4. The van der Waals surface area contributed by atoms with Crippen molar-refractivity contribution in [3.8, 4) is 11.3 Å². The summed E-state index contributed by atoms with van der Waals surface area (Å²) in [5.41, 5.74) is 2.10. The van der Waals surface area contributed by atoms with Crippen molar-refractivity contribution in [3.63, 3.8) is 0 Å². The van der Waals surface area contributed by atoms with Gasteiger partial charge in [-0.25, -0.2) is 4.99 Å². The molecule has 0 amide bonds. The van der Waals surface area contributed by atoms with Crippen LogP contribution >= 0.6 is 11.8 Å². The Morgan fingerprint density at radius 2 is 1.93 bits per heavy atom. The Morgan fingerprint density at radius 3 is 2.70 bits per heavy atom.